The molecule has 1 aromatic carbocycles. The fraction of sp³-hybridized carbons (Fsp3) is 0.571. The molecule has 4 atom stereocenters. The number of hydrazine groups is 1. The maximum Gasteiger partial charge on any atom is 0.325 e. The minimum atomic E-state index is -0.941. The lowest BCUT2D eigenvalue weighted by molar-refractivity contribution is -0.157. The Morgan fingerprint density at radius 3 is 2.50 bits per heavy atom. The van der Waals surface area contributed by atoms with Crippen LogP contribution in [0.1, 0.15) is 84.1 Å². The summed E-state index contributed by atoms with van der Waals surface area (Å²) < 4.78 is 11.4. The second-order valence-corrected chi connectivity index (χ2v) is 13.7. The molecule has 3 N–H and O–H groups in total. The number of nitrogens with one attached hydrogen (secondary N) is 3. The number of hydrogen-bond acceptors (Lipinski definition) is 8. The topological polar surface area (TPSA) is 139 Å². The fourth-order valence-electron chi connectivity index (χ4n) is 6.14. The van der Waals surface area contributed by atoms with Gasteiger partial charge in [-0.2, -0.15) is 0 Å². The largest absolute Gasteiger partial charge is 0.455 e. The molecule has 5 rings (SSSR count). The van der Waals surface area contributed by atoms with Gasteiger partial charge in [0.2, 0.25) is 11.8 Å². The number of rotatable bonds is 3. The summed E-state index contributed by atoms with van der Waals surface area (Å²) in [7, 11) is 0. The number of hydrogen-bond donors (Lipinski definition) is 3. The Hall–Kier alpha value is -3.83. The molecule has 0 radical (unpaired) electrons. The van der Waals surface area contributed by atoms with Gasteiger partial charge >= 0.3 is 5.97 Å². The zero-order valence-electron chi connectivity index (χ0n) is 27.5. The molecule has 0 unspecified atom stereocenters. The lowest BCUT2D eigenvalue weighted by atomic mass is 9.89. The van der Waals surface area contributed by atoms with Crippen molar-refractivity contribution in [2.45, 2.75) is 91.0 Å². The van der Waals surface area contributed by atoms with Gasteiger partial charge in [0.1, 0.15) is 24.2 Å². The Morgan fingerprint density at radius 1 is 1.02 bits per heavy atom. The minimum Gasteiger partial charge on any atom is -0.455 e. The van der Waals surface area contributed by atoms with E-state index in [-0.39, 0.29) is 23.7 Å². The number of benzene rings is 1. The molecular weight excluding hydrogens is 586 g/mol. The van der Waals surface area contributed by atoms with Gasteiger partial charge < -0.3 is 20.1 Å². The Kier molecular flexibility index (Phi) is 10.4. The van der Waals surface area contributed by atoms with Crippen LogP contribution in [0.25, 0.3) is 17.0 Å². The number of fused-ring (bicyclic) bond motifs is 4. The number of carbonyl (C=O) groups excluding carboxylic acids is 4. The van der Waals surface area contributed by atoms with E-state index in [4.69, 9.17) is 14.5 Å². The smallest absolute Gasteiger partial charge is 0.325 e. The molecule has 5 bridgehead atoms. The van der Waals surface area contributed by atoms with Gasteiger partial charge in [0.15, 0.2) is 0 Å². The number of nitrogens with zero attached hydrogens (tertiary/aromatic N) is 2. The molecule has 0 aliphatic carbocycles. The Bertz CT molecular complexity index is 1480. The van der Waals surface area contributed by atoms with Crippen LogP contribution in [0, 0.1) is 17.3 Å². The lowest BCUT2D eigenvalue weighted by Crippen LogP contribution is -2.62. The molecule has 248 valence electrons. The molecule has 4 heterocycles. The predicted molar refractivity (Wildman–Crippen MR) is 174 cm³/mol. The molecule has 2 aromatic rings. The number of cyclic esters (lactones) is 1. The quantitative estimate of drug-likeness (QED) is 0.434. The summed E-state index contributed by atoms with van der Waals surface area (Å²) >= 11 is 0. The van der Waals surface area contributed by atoms with E-state index in [1.807, 2.05) is 56.3 Å². The Labute approximate surface area is 270 Å². The average molecular weight is 634 g/mol. The van der Waals surface area contributed by atoms with Crippen LogP contribution in [0.5, 0.6) is 0 Å². The van der Waals surface area contributed by atoms with Gasteiger partial charge in [0.05, 0.1) is 16.6 Å². The van der Waals surface area contributed by atoms with Crippen LogP contribution in [0.4, 0.5) is 0 Å². The van der Waals surface area contributed by atoms with E-state index >= 15 is 0 Å². The molecular formula is C35H47N5O6. The van der Waals surface area contributed by atoms with Crippen molar-refractivity contribution in [1.82, 2.24) is 26.1 Å². The maximum absolute atomic E-state index is 14.0. The standard InChI is InChI=1S/C35H47N5O6/c1-21(2)30-31(41)37-29(20-24-13-17-45-18-14-24)32(42)40-16-6-7-27(39-40)33(43)46-22(3)26-11-10-25-9-8-23(19-28(25)36-26)12-15-35(4,5)34(44)38-30/h8-12,15,19,21-22,24,27,29-30,39H,6-7,13-14,16-18,20H2,1-5H3,(H,37,41)(H,38,44)/t22-,27+,29+,30+/m1/s1. The Balaban J connectivity index is 1.49. The third-order valence-electron chi connectivity index (χ3n) is 9.22. The van der Waals surface area contributed by atoms with Crippen molar-refractivity contribution >= 4 is 40.7 Å². The van der Waals surface area contributed by atoms with E-state index < -0.39 is 41.5 Å². The van der Waals surface area contributed by atoms with Crippen LogP contribution in [0.15, 0.2) is 36.4 Å². The molecule has 0 spiro atoms. The highest BCUT2D eigenvalue weighted by atomic mass is 16.5. The maximum atomic E-state index is 14.0. The van der Waals surface area contributed by atoms with E-state index in [9.17, 15) is 19.2 Å². The molecule has 2 fully saturated rings. The van der Waals surface area contributed by atoms with Crippen LogP contribution in [-0.2, 0) is 28.7 Å². The fourth-order valence-corrected chi connectivity index (χ4v) is 6.14. The van der Waals surface area contributed by atoms with Crippen molar-refractivity contribution in [2.75, 3.05) is 19.8 Å². The number of esters is 1. The van der Waals surface area contributed by atoms with E-state index in [1.54, 1.807) is 20.8 Å². The molecule has 3 amide bonds. The summed E-state index contributed by atoms with van der Waals surface area (Å²) in [4.78, 5) is 59.6. The van der Waals surface area contributed by atoms with Gasteiger partial charge in [-0.15, -0.1) is 0 Å². The summed E-state index contributed by atoms with van der Waals surface area (Å²) in [6.07, 6.45) is 6.16. The van der Waals surface area contributed by atoms with Crippen LogP contribution in [0.3, 0.4) is 0 Å². The number of ether oxygens (including phenoxy) is 2. The predicted octanol–water partition coefficient (Wildman–Crippen LogP) is 3.83. The summed E-state index contributed by atoms with van der Waals surface area (Å²) in [6.45, 7) is 10.7. The lowest BCUT2D eigenvalue weighted by Gasteiger charge is -2.37. The van der Waals surface area contributed by atoms with Gasteiger partial charge in [0.25, 0.3) is 5.91 Å². The first-order valence-electron chi connectivity index (χ1n) is 16.5. The van der Waals surface area contributed by atoms with E-state index in [0.29, 0.717) is 44.7 Å². The molecule has 3 aliphatic rings. The minimum absolute atomic E-state index is 0.183. The number of pyridine rings is 1. The summed E-state index contributed by atoms with van der Waals surface area (Å²) in [5, 5.41) is 8.32. The summed E-state index contributed by atoms with van der Waals surface area (Å²) in [5.41, 5.74) is 4.34. The summed E-state index contributed by atoms with van der Waals surface area (Å²) in [6, 6.07) is 7.19. The molecule has 11 nitrogen and oxygen atoms in total. The van der Waals surface area contributed by atoms with E-state index in [1.165, 1.54) is 5.01 Å². The van der Waals surface area contributed by atoms with Gasteiger partial charge in [-0.1, -0.05) is 44.2 Å². The first-order valence-corrected chi connectivity index (χ1v) is 16.5. The van der Waals surface area contributed by atoms with Crippen molar-refractivity contribution in [2.24, 2.45) is 17.3 Å². The van der Waals surface area contributed by atoms with Crippen molar-refractivity contribution in [3.63, 3.8) is 0 Å². The number of aromatic nitrogens is 1. The summed E-state index contributed by atoms with van der Waals surface area (Å²) in [5.74, 6) is -1.56. The third kappa shape index (κ3) is 7.93. The van der Waals surface area contributed by atoms with Gasteiger partial charge in [-0.05, 0) is 82.4 Å². The van der Waals surface area contributed by atoms with Crippen molar-refractivity contribution in [3.05, 3.63) is 47.7 Å². The molecule has 2 saturated heterocycles. The third-order valence-corrected chi connectivity index (χ3v) is 9.22. The highest BCUT2D eigenvalue weighted by molar-refractivity contribution is 5.94. The highest BCUT2D eigenvalue weighted by Crippen LogP contribution is 2.26. The molecule has 1 aromatic heterocycles. The van der Waals surface area contributed by atoms with E-state index in [0.717, 1.165) is 29.3 Å². The van der Waals surface area contributed by atoms with Crippen molar-refractivity contribution in [1.29, 1.82) is 0 Å². The SMILES string of the molecule is CC(C)[C@@H]1NC(=O)C(C)(C)C=Cc2ccc3ccc(nc3c2)[C@@H](C)OC(=O)[C@@H]2CCCN(N2)C(=O)[C@H](CC2CCOCC2)NC1=O. The van der Waals surface area contributed by atoms with Crippen molar-refractivity contribution < 1.29 is 28.7 Å². The normalized spacial score (nSPS) is 27.0. The molecule has 0 saturated carbocycles. The Morgan fingerprint density at radius 2 is 1.76 bits per heavy atom. The molecule has 46 heavy (non-hydrogen) atoms. The zero-order valence-corrected chi connectivity index (χ0v) is 27.5. The number of carbonyl (C=O) groups is 4. The van der Waals surface area contributed by atoms with Gasteiger partial charge in [-0.3, -0.25) is 24.2 Å². The van der Waals surface area contributed by atoms with Gasteiger partial charge in [0, 0.05) is 25.1 Å². The van der Waals surface area contributed by atoms with Crippen LogP contribution in [0.2, 0.25) is 0 Å². The van der Waals surface area contributed by atoms with Crippen molar-refractivity contribution in [3.8, 4) is 0 Å². The monoisotopic (exact) mass is 633 g/mol. The first-order chi connectivity index (χ1) is 21.9. The second-order valence-electron chi connectivity index (χ2n) is 13.7. The van der Waals surface area contributed by atoms with Gasteiger partial charge in [-0.25, -0.2) is 10.4 Å². The van der Waals surface area contributed by atoms with Crippen LogP contribution in [-0.4, -0.2) is 71.6 Å². The first kappa shape index (κ1) is 33.5. The highest BCUT2D eigenvalue weighted by Gasteiger charge is 2.37. The van der Waals surface area contributed by atoms with E-state index in [2.05, 4.69) is 16.1 Å². The molecule has 11 heteroatoms. The second kappa shape index (κ2) is 14.3. The zero-order chi connectivity index (χ0) is 33.0. The van der Waals surface area contributed by atoms with Crippen LogP contribution >= 0.6 is 0 Å². The average Bonchev–Trinajstić information content (AvgIpc) is 3.05. The number of amides is 3. The van der Waals surface area contributed by atoms with Crippen LogP contribution < -0.4 is 16.1 Å². The molecule has 3 aliphatic heterocycles.